The van der Waals surface area contributed by atoms with Gasteiger partial charge in [0.25, 0.3) is 11.8 Å². The lowest BCUT2D eigenvalue weighted by atomic mass is 10.0. The van der Waals surface area contributed by atoms with Gasteiger partial charge >= 0.3 is 0 Å². The lowest BCUT2D eigenvalue weighted by Gasteiger charge is -2.09. The molecule has 126 valence electrons. The molecule has 0 radical (unpaired) electrons. The number of carbonyl (C=O) groups excluding carboxylic acids is 2. The molecule has 3 aromatic rings. The molecule has 1 aromatic heterocycles. The van der Waals surface area contributed by atoms with E-state index in [1.807, 2.05) is 18.2 Å². The van der Waals surface area contributed by atoms with Gasteiger partial charge in [0.2, 0.25) is 0 Å². The topological polar surface area (TPSA) is 72.2 Å². The Morgan fingerprint density at radius 3 is 2.64 bits per heavy atom. The summed E-state index contributed by atoms with van der Waals surface area (Å²) in [4.78, 5) is 25.9. The van der Waals surface area contributed by atoms with Gasteiger partial charge in [0, 0.05) is 20.8 Å². The minimum atomic E-state index is -0.490. The zero-order valence-electron chi connectivity index (χ0n) is 13.3. The number of anilines is 1. The van der Waals surface area contributed by atoms with E-state index in [2.05, 4.69) is 5.32 Å². The van der Waals surface area contributed by atoms with Crippen molar-refractivity contribution < 1.29 is 9.59 Å². The number of rotatable bonds is 3. The fraction of sp³-hybridized carbons (Fsp3) is 0.158. The summed E-state index contributed by atoms with van der Waals surface area (Å²) in [6.45, 7) is 0. The first-order valence-corrected chi connectivity index (χ1v) is 9.18. The largest absolute Gasteiger partial charge is 0.365 e. The summed E-state index contributed by atoms with van der Waals surface area (Å²) in [5, 5.41) is 5.62. The first kappa shape index (κ1) is 16.1. The molecule has 1 aliphatic rings. The minimum Gasteiger partial charge on any atom is -0.365 e. The lowest BCUT2D eigenvalue weighted by molar-refractivity contribution is 0.100. The van der Waals surface area contributed by atoms with E-state index in [4.69, 9.17) is 17.3 Å². The maximum Gasteiger partial charge on any atom is 0.256 e. The van der Waals surface area contributed by atoms with E-state index in [-0.39, 0.29) is 5.91 Å². The highest BCUT2D eigenvalue weighted by Crippen LogP contribution is 2.39. The number of thiophene rings is 1. The fourth-order valence-corrected chi connectivity index (χ4v) is 4.92. The number of benzene rings is 2. The number of amides is 2. The maximum absolute atomic E-state index is 12.8. The Morgan fingerprint density at radius 1 is 1.08 bits per heavy atom. The molecule has 0 atom stereocenters. The smallest absolute Gasteiger partial charge is 0.256 e. The highest BCUT2D eigenvalue weighted by Gasteiger charge is 2.26. The molecule has 0 unspecified atom stereocenters. The Hall–Kier alpha value is -2.37. The van der Waals surface area contributed by atoms with E-state index in [0.717, 1.165) is 40.5 Å². The molecule has 0 saturated heterocycles. The molecule has 2 amide bonds. The van der Waals surface area contributed by atoms with Crippen LogP contribution in [0.2, 0.25) is 5.02 Å². The van der Waals surface area contributed by atoms with E-state index in [0.29, 0.717) is 21.2 Å². The van der Waals surface area contributed by atoms with Gasteiger partial charge in [0.05, 0.1) is 5.56 Å². The number of nitrogens with two attached hydrogens (primary N) is 1. The molecule has 0 aliphatic heterocycles. The molecule has 0 fully saturated rings. The molecule has 0 saturated carbocycles. The Balaban J connectivity index is 1.75. The summed E-state index contributed by atoms with van der Waals surface area (Å²) < 4.78 is 0. The normalized spacial score (nSPS) is 13.0. The van der Waals surface area contributed by atoms with Gasteiger partial charge in [-0.05, 0) is 42.3 Å². The van der Waals surface area contributed by atoms with Crippen LogP contribution in [0.1, 0.15) is 37.6 Å². The quantitative estimate of drug-likeness (QED) is 0.717. The van der Waals surface area contributed by atoms with Crippen LogP contribution in [0.3, 0.4) is 0 Å². The third kappa shape index (κ3) is 2.69. The first-order chi connectivity index (χ1) is 12.1. The van der Waals surface area contributed by atoms with Crippen LogP contribution in [0.4, 0.5) is 5.00 Å². The molecule has 1 heterocycles. The molecule has 2 aromatic carbocycles. The summed E-state index contributed by atoms with van der Waals surface area (Å²) in [5.41, 5.74) is 7.53. The number of hydrogen-bond acceptors (Lipinski definition) is 3. The van der Waals surface area contributed by atoms with Crippen molar-refractivity contribution >= 4 is 50.5 Å². The van der Waals surface area contributed by atoms with E-state index in [1.54, 1.807) is 18.2 Å². The monoisotopic (exact) mass is 370 g/mol. The Labute approximate surface area is 153 Å². The Kier molecular flexibility index (Phi) is 3.98. The second kappa shape index (κ2) is 6.17. The molecule has 1 aliphatic carbocycles. The average Bonchev–Trinajstić information content (AvgIpc) is 3.14. The second-order valence-corrected chi connectivity index (χ2v) is 7.53. The third-order valence-electron chi connectivity index (χ3n) is 4.51. The minimum absolute atomic E-state index is 0.268. The van der Waals surface area contributed by atoms with Gasteiger partial charge < -0.3 is 11.1 Å². The third-order valence-corrected chi connectivity index (χ3v) is 6.05. The molecule has 4 nitrogen and oxygen atoms in total. The number of halogens is 1. The summed E-state index contributed by atoms with van der Waals surface area (Å²) >= 11 is 7.67. The van der Waals surface area contributed by atoms with E-state index >= 15 is 0 Å². The second-order valence-electron chi connectivity index (χ2n) is 6.02. The molecular formula is C19H15ClN2O2S. The van der Waals surface area contributed by atoms with E-state index in [9.17, 15) is 9.59 Å². The molecule has 25 heavy (non-hydrogen) atoms. The summed E-state index contributed by atoms with van der Waals surface area (Å²) in [5.74, 6) is -0.758. The molecule has 3 N–H and O–H groups in total. The average molecular weight is 371 g/mol. The van der Waals surface area contributed by atoms with Crippen molar-refractivity contribution in [1.29, 1.82) is 0 Å². The van der Waals surface area contributed by atoms with Crippen LogP contribution >= 0.6 is 22.9 Å². The van der Waals surface area contributed by atoms with E-state index in [1.165, 1.54) is 11.3 Å². The number of aryl methyl sites for hydroxylation is 1. The predicted molar refractivity (Wildman–Crippen MR) is 102 cm³/mol. The van der Waals surface area contributed by atoms with Crippen molar-refractivity contribution in [2.75, 3.05) is 5.32 Å². The lowest BCUT2D eigenvalue weighted by Crippen LogP contribution is -2.18. The van der Waals surface area contributed by atoms with Crippen LogP contribution in [0, 0.1) is 0 Å². The highest BCUT2D eigenvalue weighted by atomic mass is 35.5. The van der Waals surface area contributed by atoms with Gasteiger partial charge in [0.1, 0.15) is 5.00 Å². The summed E-state index contributed by atoms with van der Waals surface area (Å²) in [6, 6.07) is 10.9. The molecule has 0 spiro atoms. The van der Waals surface area contributed by atoms with Crippen LogP contribution in [0.5, 0.6) is 0 Å². The van der Waals surface area contributed by atoms with Gasteiger partial charge in [-0.2, -0.15) is 0 Å². The fourth-order valence-electron chi connectivity index (χ4n) is 3.39. The molecular weight excluding hydrogens is 356 g/mol. The van der Waals surface area contributed by atoms with Crippen LogP contribution in [0.15, 0.2) is 36.4 Å². The summed E-state index contributed by atoms with van der Waals surface area (Å²) in [6.07, 6.45) is 2.79. The Bertz CT molecular complexity index is 1030. The van der Waals surface area contributed by atoms with Crippen molar-refractivity contribution in [3.63, 3.8) is 0 Å². The van der Waals surface area contributed by atoms with Crippen molar-refractivity contribution in [2.45, 2.75) is 19.3 Å². The van der Waals surface area contributed by atoms with Gasteiger partial charge in [-0.15, -0.1) is 11.3 Å². The number of primary amides is 1. The first-order valence-electron chi connectivity index (χ1n) is 7.99. The van der Waals surface area contributed by atoms with Crippen LogP contribution in [-0.2, 0) is 12.8 Å². The number of fused-ring (bicyclic) bond motifs is 2. The molecule has 4 rings (SSSR count). The predicted octanol–water partition coefficient (Wildman–Crippen LogP) is 4.39. The van der Waals surface area contributed by atoms with Gasteiger partial charge in [-0.25, -0.2) is 0 Å². The van der Waals surface area contributed by atoms with Gasteiger partial charge in [0.15, 0.2) is 0 Å². The van der Waals surface area contributed by atoms with Crippen molar-refractivity contribution in [3.8, 4) is 0 Å². The van der Waals surface area contributed by atoms with Crippen LogP contribution < -0.4 is 11.1 Å². The summed E-state index contributed by atoms with van der Waals surface area (Å²) in [7, 11) is 0. The van der Waals surface area contributed by atoms with Crippen LogP contribution in [0.25, 0.3) is 10.8 Å². The van der Waals surface area contributed by atoms with Crippen molar-refractivity contribution in [1.82, 2.24) is 0 Å². The highest BCUT2D eigenvalue weighted by molar-refractivity contribution is 7.17. The van der Waals surface area contributed by atoms with Crippen LogP contribution in [-0.4, -0.2) is 11.8 Å². The SMILES string of the molecule is NC(=O)c1c(NC(=O)c2cccc3c(Cl)cccc23)sc2c1CCC2. The zero-order chi connectivity index (χ0) is 17.6. The standard InChI is InChI=1S/C19H15ClN2O2S/c20-14-8-2-4-10-11(14)5-1-6-12(10)18(24)22-19-16(17(21)23)13-7-3-9-15(13)25-19/h1-2,4-6,8H,3,7,9H2,(H2,21,23)(H,22,24). The number of carbonyl (C=O) groups is 2. The Morgan fingerprint density at radius 2 is 1.84 bits per heavy atom. The van der Waals surface area contributed by atoms with E-state index < -0.39 is 5.91 Å². The number of nitrogens with one attached hydrogen (secondary N) is 1. The molecule has 0 bridgehead atoms. The maximum atomic E-state index is 12.8. The van der Waals surface area contributed by atoms with Crippen molar-refractivity contribution in [3.05, 3.63) is 63.0 Å². The zero-order valence-corrected chi connectivity index (χ0v) is 14.8. The van der Waals surface area contributed by atoms with Gasteiger partial charge in [-0.3, -0.25) is 9.59 Å². The molecule has 6 heteroatoms. The number of hydrogen-bond donors (Lipinski definition) is 2. The van der Waals surface area contributed by atoms with Crippen molar-refractivity contribution in [2.24, 2.45) is 5.73 Å². The van der Waals surface area contributed by atoms with Gasteiger partial charge in [-0.1, -0.05) is 35.9 Å².